The number of nitrogens with zero attached hydrogens (tertiary/aromatic N) is 1. The molecule has 2 heteroatoms. The molecule has 2 fully saturated rings. The van der Waals surface area contributed by atoms with Crippen molar-refractivity contribution in [1.82, 2.24) is 4.90 Å². The third-order valence-electron chi connectivity index (χ3n) is 5.33. The normalized spacial score (nSPS) is 24.9. The van der Waals surface area contributed by atoms with E-state index in [1.807, 2.05) is 30.3 Å². The van der Waals surface area contributed by atoms with Gasteiger partial charge >= 0.3 is 0 Å². The summed E-state index contributed by atoms with van der Waals surface area (Å²) in [5.41, 5.74) is 1.46. The molecule has 0 amide bonds. The highest BCUT2D eigenvalue weighted by atomic mass is 16.5. The summed E-state index contributed by atoms with van der Waals surface area (Å²) in [6, 6.07) is 20.2. The highest BCUT2D eigenvalue weighted by Crippen LogP contribution is 2.38. The van der Waals surface area contributed by atoms with Crippen LogP contribution in [-0.2, 0) is 0 Å². The summed E-state index contributed by atoms with van der Waals surface area (Å²) >= 11 is 0. The number of hydrogen-bond acceptors (Lipinski definition) is 2. The Hall–Kier alpha value is -1.80. The van der Waals surface area contributed by atoms with Crippen LogP contribution in [0.2, 0.25) is 0 Å². The first-order valence-corrected chi connectivity index (χ1v) is 8.99. The van der Waals surface area contributed by atoms with Crippen LogP contribution in [0, 0.1) is 0 Å². The molecule has 0 aliphatic carbocycles. The van der Waals surface area contributed by atoms with Crippen LogP contribution in [0.4, 0.5) is 0 Å². The average Bonchev–Trinajstić information content (AvgIpc) is 2.63. The highest BCUT2D eigenvalue weighted by Gasteiger charge is 2.32. The molecule has 0 saturated carbocycles. The zero-order valence-electron chi connectivity index (χ0n) is 13.7. The highest BCUT2D eigenvalue weighted by molar-refractivity contribution is 5.34. The van der Waals surface area contributed by atoms with Gasteiger partial charge in [-0.15, -0.1) is 0 Å². The van der Waals surface area contributed by atoms with Crippen molar-refractivity contribution in [3.05, 3.63) is 60.2 Å². The smallest absolute Gasteiger partial charge is 0.127 e. The number of rotatable bonds is 3. The van der Waals surface area contributed by atoms with Gasteiger partial charge in [-0.1, -0.05) is 36.8 Å². The summed E-state index contributed by atoms with van der Waals surface area (Å²) in [5, 5.41) is 0. The van der Waals surface area contributed by atoms with Crippen molar-refractivity contribution >= 4 is 0 Å². The molecule has 2 aliphatic heterocycles. The van der Waals surface area contributed by atoms with Crippen LogP contribution < -0.4 is 4.74 Å². The quantitative estimate of drug-likeness (QED) is 0.736. The van der Waals surface area contributed by atoms with E-state index in [0.717, 1.165) is 17.5 Å². The lowest BCUT2D eigenvalue weighted by Crippen LogP contribution is -2.44. The van der Waals surface area contributed by atoms with Gasteiger partial charge in [0.15, 0.2) is 0 Å². The molecule has 0 N–H and O–H groups in total. The number of para-hydroxylation sites is 1. The van der Waals surface area contributed by atoms with Gasteiger partial charge in [0, 0.05) is 12.1 Å². The molecule has 4 rings (SSSR count). The van der Waals surface area contributed by atoms with Crippen molar-refractivity contribution in [2.75, 3.05) is 6.54 Å². The maximum absolute atomic E-state index is 5.91. The second kappa shape index (κ2) is 6.76. The van der Waals surface area contributed by atoms with E-state index in [1.54, 1.807) is 0 Å². The molecular weight excluding hydrogens is 282 g/mol. The summed E-state index contributed by atoms with van der Waals surface area (Å²) < 4.78 is 5.91. The number of fused-ring (bicyclic) bond motifs is 1. The molecule has 2 aliphatic rings. The molecule has 2 aromatic rings. The van der Waals surface area contributed by atoms with Crippen LogP contribution in [0.1, 0.15) is 50.1 Å². The number of benzene rings is 2. The molecule has 0 aromatic heterocycles. The molecule has 2 nitrogen and oxygen atoms in total. The van der Waals surface area contributed by atoms with Crippen LogP contribution >= 0.6 is 0 Å². The molecular formula is C21H25NO. The van der Waals surface area contributed by atoms with E-state index in [2.05, 4.69) is 29.2 Å². The molecule has 0 unspecified atom stereocenters. The van der Waals surface area contributed by atoms with Crippen molar-refractivity contribution < 1.29 is 4.74 Å². The second-order valence-electron chi connectivity index (χ2n) is 6.82. The van der Waals surface area contributed by atoms with Gasteiger partial charge in [-0.25, -0.2) is 0 Å². The van der Waals surface area contributed by atoms with Crippen LogP contribution in [-0.4, -0.2) is 17.5 Å². The fraction of sp³-hybridized carbons (Fsp3) is 0.429. The summed E-state index contributed by atoms with van der Waals surface area (Å²) in [5.74, 6) is 1.82. The Morgan fingerprint density at radius 3 is 2.30 bits per heavy atom. The molecule has 2 saturated heterocycles. The van der Waals surface area contributed by atoms with Crippen molar-refractivity contribution in [3.63, 3.8) is 0 Å². The second-order valence-corrected chi connectivity index (χ2v) is 6.82. The topological polar surface area (TPSA) is 12.5 Å². The average molecular weight is 307 g/mol. The third kappa shape index (κ3) is 3.28. The Morgan fingerprint density at radius 1 is 0.739 bits per heavy atom. The third-order valence-corrected chi connectivity index (χ3v) is 5.33. The first kappa shape index (κ1) is 14.8. The predicted molar refractivity (Wildman–Crippen MR) is 93.9 cm³/mol. The van der Waals surface area contributed by atoms with Crippen molar-refractivity contribution in [2.45, 2.75) is 50.6 Å². The molecule has 0 radical (unpaired) electrons. The number of hydrogen-bond donors (Lipinski definition) is 0. The van der Waals surface area contributed by atoms with E-state index in [0.29, 0.717) is 6.04 Å². The Labute approximate surface area is 139 Å². The first-order valence-electron chi connectivity index (χ1n) is 8.99. The summed E-state index contributed by atoms with van der Waals surface area (Å²) in [4.78, 5) is 2.76. The number of piperidine rings is 2. The minimum absolute atomic E-state index is 0.611. The molecule has 23 heavy (non-hydrogen) atoms. The lowest BCUT2D eigenvalue weighted by Gasteiger charge is -2.45. The van der Waals surface area contributed by atoms with E-state index < -0.39 is 0 Å². The van der Waals surface area contributed by atoms with Crippen LogP contribution in [0.5, 0.6) is 11.5 Å². The lowest BCUT2D eigenvalue weighted by molar-refractivity contribution is 0.0518. The van der Waals surface area contributed by atoms with Gasteiger partial charge in [-0.2, -0.15) is 0 Å². The summed E-state index contributed by atoms with van der Waals surface area (Å²) in [6.45, 7) is 1.28. The van der Waals surface area contributed by atoms with Crippen LogP contribution in [0.3, 0.4) is 0 Å². The van der Waals surface area contributed by atoms with Gasteiger partial charge in [0.1, 0.15) is 11.5 Å². The molecule has 0 spiro atoms. The molecule has 2 atom stereocenters. The van der Waals surface area contributed by atoms with E-state index in [-0.39, 0.29) is 0 Å². The zero-order chi connectivity index (χ0) is 15.5. The van der Waals surface area contributed by atoms with E-state index in [4.69, 9.17) is 4.74 Å². The van der Waals surface area contributed by atoms with E-state index in [9.17, 15) is 0 Å². The maximum atomic E-state index is 5.91. The maximum Gasteiger partial charge on any atom is 0.127 e. The van der Waals surface area contributed by atoms with Gasteiger partial charge in [0.05, 0.1) is 0 Å². The largest absolute Gasteiger partial charge is 0.457 e. The van der Waals surface area contributed by atoms with E-state index >= 15 is 0 Å². The van der Waals surface area contributed by atoms with Gasteiger partial charge in [0.2, 0.25) is 0 Å². The summed E-state index contributed by atoms with van der Waals surface area (Å²) in [6.07, 6.45) is 8.24. The minimum Gasteiger partial charge on any atom is -0.457 e. The molecule has 2 heterocycles. The van der Waals surface area contributed by atoms with Gasteiger partial charge in [-0.3, -0.25) is 4.90 Å². The summed E-state index contributed by atoms with van der Waals surface area (Å²) in [7, 11) is 0. The monoisotopic (exact) mass is 307 g/mol. The van der Waals surface area contributed by atoms with Gasteiger partial charge in [-0.05, 0) is 68.5 Å². The Bertz CT molecular complexity index is 620. The predicted octanol–water partition coefficient (Wildman–Crippen LogP) is 5.56. The van der Waals surface area contributed by atoms with Crippen molar-refractivity contribution in [1.29, 1.82) is 0 Å². The SMILES string of the molecule is c1ccc(Oc2ccc([C@H]3CCC[C@H]4CCCCN43)cc2)cc1. The van der Waals surface area contributed by atoms with Crippen molar-refractivity contribution in [3.8, 4) is 11.5 Å². The molecule has 0 bridgehead atoms. The van der Waals surface area contributed by atoms with Gasteiger partial charge in [0.25, 0.3) is 0 Å². The number of ether oxygens (including phenoxy) is 1. The lowest BCUT2D eigenvalue weighted by atomic mass is 9.86. The fourth-order valence-corrected chi connectivity index (χ4v) is 4.20. The first-order chi connectivity index (χ1) is 11.4. The standard InChI is InChI=1S/C21H25NO/c1-2-9-19(10-3-1)23-20-14-12-17(13-15-20)21-11-6-8-18-7-4-5-16-22(18)21/h1-3,9-10,12-15,18,21H,4-8,11,16H2/t18-,21-/m1/s1. The van der Waals surface area contributed by atoms with Crippen LogP contribution in [0.15, 0.2) is 54.6 Å². The molecule has 2 aromatic carbocycles. The van der Waals surface area contributed by atoms with Crippen LogP contribution in [0.25, 0.3) is 0 Å². The van der Waals surface area contributed by atoms with E-state index in [1.165, 1.54) is 50.6 Å². The van der Waals surface area contributed by atoms with Crippen molar-refractivity contribution in [2.24, 2.45) is 0 Å². The minimum atomic E-state index is 0.611. The Morgan fingerprint density at radius 2 is 1.48 bits per heavy atom. The fourth-order valence-electron chi connectivity index (χ4n) is 4.20. The molecule has 120 valence electrons. The Balaban J connectivity index is 1.49. The zero-order valence-corrected chi connectivity index (χ0v) is 13.7. The Kier molecular flexibility index (Phi) is 4.34. The van der Waals surface area contributed by atoms with Gasteiger partial charge < -0.3 is 4.74 Å².